The van der Waals surface area contributed by atoms with Gasteiger partial charge in [0.1, 0.15) is 35.6 Å². The molecule has 1 N–H and O–H groups in total. The fourth-order valence-electron chi connectivity index (χ4n) is 2.35. The van der Waals surface area contributed by atoms with Gasteiger partial charge in [0, 0.05) is 5.56 Å². The van der Waals surface area contributed by atoms with Gasteiger partial charge in [-0.15, -0.1) is 0 Å². The van der Waals surface area contributed by atoms with Crippen LogP contribution in [0.25, 0.3) is 0 Å². The standard InChI is InChI=1S/C17H15ClFN3O2/c1-17(23,9-22-11-20-10-21-22)15-7-6-14(8-16(15)18)24-13-4-2-12(19)3-5-13/h2-8,10-11,23H,9H2,1H3/t17-/m1/s1. The summed E-state index contributed by atoms with van der Waals surface area (Å²) in [6.07, 6.45) is 2.92. The Morgan fingerprint density at radius 3 is 2.54 bits per heavy atom. The molecule has 2 aromatic carbocycles. The lowest BCUT2D eigenvalue weighted by Crippen LogP contribution is -2.28. The van der Waals surface area contributed by atoms with Crippen molar-refractivity contribution < 1.29 is 14.2 Å². The highest BCUT2D eigenvalue weighted by atomic mass is 35.5. The Morgan fingerprint density at radius 1 is 1.21 bits per heavy atom. The molecule has 7 heteroatoms. The second-order valence-corrected chi connectivity index (χ2v) is 5.97. The Kier molecular flexibility index (Phi) is 4.51. The van der Waals surface area contributed by atoms with E-state index in [2.05, 4.69) is 10.1 Å². The van der Waals surface area contributed by atoms with Crippen molar-refractivity contribution in [3.8, 4) is 11.5 Å². The Labute approximate surface area is 143 Å². The fraction of sp³-hybridized carbons (Fsp3) is 0.176. The van der Waals surface area contributed by atoms with E-state index in [0.29, 0.717) is 22.1 Å². The van der Waals surface area contributed by atoms with Gasteiger partial charge in [0.2, 0.25) is 0 Å². The number of ether oxygens (including phenoxy) is 1. The first-order chi connectivity index (χ1) is 11.4. The lowest BCUT2D eigenvalue weighted by molar-refractivity contribution is 0.0346. The molecule has 1 atom stereocenters. The van der Waals surface area contributed by atoms with E-state index >= 15 is 0 Å². The predicted molar refractivity (Wildman–Crippen MR) is 87.5 cm³/mol. The smallest absolute Gasteiger partial charge is 0.137 e. The fourth-order valence-corrected chi connectivity index (χ4v) is 2.72. The van der Waals surface area contributed by atoms with Gasteiger partial charge in [0.15, 0.2) is 0 Å². The summed E-state index contributed by atoms with van der Waals surface area (Å²) in [4.78, 5) is 3.85. The number of halogens is 2. The van der Waals surface area contributed by atoms with Crippen LogP contribution in [0, 0.1) is 5.82 Å². The van der Waals surface area contributed by atoms with Gasteiger partial charge >= 0.3 is 0 Å². The van der Waals surface area contributed by atoms with E-state index in [1.165, 1.54) is 41.6 Å². The molecule has 0 spiro atoms. The Hall–Kier alpha value is -2.44. The van der Waals surface area contributed by atoms with Gasteiger partial charge < -0.3 is 9.84 Å². The third kappa shape index (κ3) is 3.72. The van der Waals surface area contributed by atoms with Gasteiger partial charge in [0.05, 0.1) is 11.6 Å². The van der Waals surface area contributed by atoms with Crippen LogP contribution in [0.2, 0.25) is 5.02 Å². The normalized spacial score (nSPS) is 13.5. The number of nitrogens with zero attached hydrogens (tertiary/aromatic N) is 3. The average Bonchev–Trinajstić information content (AvgIpc) is 3.01. The molecule has 0 bridgehead atoms. The van der Waals surface area contributed by atoms with Crippen LogP contribution in [-0.4, -0.2) is 19.9 Å². The van der Waals surface area contributed by atoms with Crippen LogP contribution in [0.4, 0.5) is 4.39 Å². The number of rotatable bonds is 5. The van der Waals surface area contributed by atoms with Crippen molar-refractivity contribution in [2.75, 3.05) is 0 Å². The molecule has 24 heavy (non-hydrogen) atoms. The van der Waals surface area contributed by atoms with Gasteiger partial charge in [-0.25, -0.2) is 14.1 Å². The molecular formula is C17H15ClFN3O2. The zero-order valence-electron chi connectivity index (χ0n) is 12.9. The van der Waals surface area contributed by atoms with Gasteiger partial charge in [-0.1, -0.05) is 17.7 Å². The van der Waals surface area contributed by atoms with E-state index in [0.717, 1.165) is 0 Å². The molecule has 5 nitrogen and oxygen atoms in total. The lowest BCUT2D eigenvalue weighted by Gasteiger charge is -2.25. The molecule has 1 aromatic heterocycles. The zero-order chi connectivity index (χ0) is 17.2. The number of benzene rings is 2. The molecule has 3 rings (SSSR count). The van der Waals surface area contributed by atoms with E-state index < -0.39 is 5.60 Å². The molecule has 124 valence electrons. The lowest BCUT2D eigenvalue weighted by atomic mass is 9.96. The largest absolute Gasteiger partial charge is 0.457 e. The molecule has 0 aliphatic heterocycles. The SMILES string of the molecule is C[C@@](O)(Cn1cncn1)c1ccc(Oc2ccc(F)cc2)cc1Cl. The first-order valence-corrected chi connectivity index (χ1v) is 7.60. The Morgan fingerprint density at radius 2 is 1.92 bits per heavy atom. The molecule has 1 heterocycles. The van der Waals surface area contributed by atoms with Crippen LogP contribution in [-0.2, 0) is 12.1 Å². The van der Waals surface area contributed by atoms with E-state index in [9.17, 15) is 9.50 Å². The molecule has 0 aliphatic carbocycles. The maximum Gasteiger partial charge on any atom is 0.137 e. The van der Waals surface area contributed by atoms with Crippen LogP contribution >= 0.6 is 11.6 Å². The minimum atomic E-state index is -1.22. The summed E-state index contributed by atoms with van der Waals surface area (Å²) in [6.45, 7) is 1.86. The summed E-state index contributed by atoms with van der Waals surface area (Å²) in [5.74, 6) is 0.654. The number of hydrogen-bond donors (Lipinski definition) is 1. The van der Waals surface area contributed by atoms with E-state index in [1.807, 2.05) is 0 Å². The number of aliphatic hydroxyl groups is 1. The van der Waals surface area contributed by atoms with Gasteiger partial charge in [-0.2, -0.15) is 5.10 Å². The van der Waals surface area contributed by atoms with Gasteiger partial charge in [0.25, 0.3) is 0 Å². The van der Waals surface area contributed by atoms with Gasteiger partial charge in [-0.3, -0.25) is 0 Å². The first-order valence-electron chi connectivity index (χ1n) is 7.22. The summed E-state index contributed by atoms with van der Waals surface area (Å²) < 4.78 is 20.1. The second-order valence-electron chi connectivity index (χ2n) is 5.56. The molecule has 0 unspecified atom stereocenters. The minimum Gasteiger partial charge on any atom is -0.457 e. The summed E-state index contributed by atoms with van der Waals surface area (Å²) in [5.41, 5.74) is -0.676. The highest BCUT2D eigenvalue weighted by Gasteiger charge is 2.27. The summed E-state index contributed by atoms with van der Waals surface area (Å²) in [6, 6.07) is 10.7. The van der Waals surface area contributed by atoms with Crippen molar-refractivity contribution in [3.05, 3.63) is 71.5 Å². The molecule has 0 aliphatic rings. The van der Waals surface area contributed by atoms with Crippen LogP contribution in [0.1, 0.15) is 12.5 Å². The topological polar surface area (TPSA) is 60.2 Å². The molecule has 0 amide bonds. The van der Waals surface area contributed by atoms with Gasteiger partial charge in [-0.05, 0) is 43.3 Å². The molecule has 0 radical (unpaired) electrons. The van der Waals surface area contributed by atoms with Crippen LogP contribution in [0.15, 0.2) is 55.1 Å². The van der Waals surface area contributed by atoms with E-state index in [4.69, 9.17) is 16.3 Å². The average molecular weight is 348 g/mol. The highest BCUT2D eigenvalue weighted by Crippen LogP contribution is 2.33. The van der Waals surface area contributed by atoms with E-state index in [-0.39, 0.29) is 12.4 Å². The maximum atomic E-state index is 12.9. The van der Waals surface area contributed by atoms with Crippen molar-refractivity contribution in [2.24, 2.45) is 0 Å². The summed E-state index contributed by atoms with van der Waals surface area (Å²) in [7, 11) is 0. The predicted octanol–water partition coefficient (Wildman–Crippen LogP) is 3.77. The highest BCUT2D eigenvalue weighted by molar-refractivity contribution is 6.31. The monoisotopic (exact) mass is 347 g/mol. The van der Waals surface area contributed by atoms with Crippen LogP contribution < -0.4 is 4.74 Å². The van der Waals surface area contributed by atoms with E-state index in [1.54, 1.807) is 25.1 Å². The molecular weight excluding hydrogens is 333 g/mol. The Bertz CT molecular complexity index is 820. The van der Waals surface area contributed by atoms with Crippen LogP contribution in [0.5, 0.6) is 11.5 Å². The maximum absolute atomic E-state index is 12.9. The summed E-state index contributed by atoms with van der Waals surface area (Å²) in [5, 5.41) is 15.0. The van der Waals surface area contributed by atoms with Crippen molar-refractivity contribution in [3.63, 3.8) is 0 Å². The quantitative estimate of drug-likeness (QED) is 0.763. The molecule has 0 saturated heterocycles. The zero-order valence-corrected chi connectivity index (χ0v) is 13.6. The first kappa shape index (κ1) is 16.4. The second kappa shape index (κ2) is 6.59. The molecule has 3 aromatic rings. The number of aromatic nitrogens is 3. The van der Waals surface area contributed by atoms with Crippen molar-refractivity contribution in [1.82, 2.24) is 14.8 Å². The van der Waals surface area contributed by atoms with Crippen molar-refractivity contribution in [1.29, 1.82) is 0 Å². The number of hydrogen-bond acceptors (Lipinski definition) is 4. The third-order valence-corrected chi connectivity index (χ3v) is 3.82. The van der Waals surface area contributed by atoms with Crippen molar-refractivity contribution >= 4 is 11.6 Å². The minimum absolute atomic E-state index is 0.213. The molecule has 0 fully saturated rings. The Balaban J connectivity index is 1.80. The summed E-state index contributed by atoms with van der Waals surface area (Å²) >= 11 is 6.30. The molecule has 0 saturated carbocycles. The van der Waals surface area contributed by atoms with Crippen LogP contribution in [0.3, 0.4) is 0 Å². The van der Waals surface area contributed by atoms with Crippen molar-refractivity contribution in [2.45, 2.75) is 19.1 Å². The third-order valence-electron chi connectivity index (χ3n) is 3.51.